The highest BCUT2D eigenvalue weighted by atomic mass is 16.3. The summed E-state index contributed by atoms with van der Waals surface area (Å²) in [5.74, 6) is 0.323. The van der Waals surface area contributed by atoms with E-state index in [9.17, 15) is 0 Å². The number of hydrogen-bond donors (Lipinski definition) is 0. The molecule has 1 atom stereocenters. The first-order valence-electron chi connectivity index (χ1n) is 21.9. The van der Waals surface area contributed by atoms with Crippen molar-refractivity contribution in [3.8, 4) is 11.1 Å². The van der Waals surface area contributed by atoms with Crippen LogP contribution in [-0.4, -0.2) is 6.71 Å². The van der Waals surface area contributed by atoms with Crippen LogP contribution in [0.4, 0.5) is 28.4 Å². The van der Waals surface area contributed by atoms with Gasteiger partial charge in [-0.05, 0) is 136 Å². The summed E-state index contributed by atoms with van der Waals surface area (Å²) >= 11 is 0. The van der Waals surface area contributed by atoms with Gasteiger partial charge in [0.05, 0.1) is 17.0 Å². The number of allylic oxidation sites excluding steroid dienone is 3. The summed E-state index contributed by atoms with van der Waals surface area (Å²) in [4.78, 5) is 5.19. The molecule has 0 radical (unpaired) electrons. The predicted molar refractivity (Wildman–Crippen MR) is 253 cm³/mol. The third kappa shape index (κ3) is 5.83. The second-order valence-electron chi connectivity index (χ2n) is 21.6. The van der Waals surface area contributed by atoms with Crippen molar-refractivity contribution < 1.29 is 4.42 Å². The number of anilines is 5. The average Bonchev–Trinajstić information content (AvgIpc) is 3.82. The van der Waals surface area contributed by atoms with E-state index < -0.39 is 0 Å². The molecule has 0 fully saturated rings. The molecule has 0 N–H and O–H groups in total. The monoisotopic (exact) mass is 774 g/mol. The van der Waals surface area contributed by atoms with Gasteiger partial charge in [-0.1, -0.05) is 135 Å². The van der Waals surface area contributed by atoms with Crippen LogP contribution in [0.3, 0.4) is 0 Å². The first-order chi connectivity index (χ1) is 27.8. The van der Waals surface area contributed by atoms with Crippen molar-refractivity contribution in [2.45, 2.75) is 112 Å². The minimum Gasteiger partial charge on any atom is -0.468 e. The third-order valence-corrected chi connectivity index (χ3v) is 14.2. The Morgan fingerprint density at radius 1 is 0.678 bits per heavy atom. The summed E-state index contributed by atoms with van der Waals surface area (Å²) < 4.78 is 7.28. The molecule has 0 saturated carbocycles. The second-order valence-corrected chi connectivity index (χ2v) is 21.6. The molecule has 1 aromatic heterocycles. The Hall–Kier alpha value is -5.22. The highest BCUT2D eigenvalue weighted by Gasteiger charge is 2.49. The van der Waals surface area contributed by atoms with Crippen LogP contribution in [0.1, 0.15) is 110 Å². The molecule has 3 heterocycles. The van der Waals surface area contributed by atoms with Gasteiger partial charge in [0, 0.05) is 39.6 Å². The molecular formula is C55H59BN2O. The van der Waals surface area contributed by atoms with Gasteiger partial charge >= 0.3 is 0 Å². The lowest BCUT2D eigenvalue weighted by molar-refractivity contribution is 0.332. The maximum Gasteiger partial charge on any atom is 0.297 e. The Kier molecular flexibility index (Phi) is 8.15. The van der Waals surface area contributed by atoms with Gasteiger partial charge < -0.3 is 14.2 Å². The Morgan fingerprint density at radius 3 is 2.02 bits per heavy atom. The van der Waals surface area contributed by atoms with Crippen LogP contribution in [0.15, 0.2) is 119 Å². The minimum absolute atomic E-state index is 0.00583. The van der Waals surface area contributed by atoms with Crippen LogP contribution in [0, 0.1) is 25.2 Å². The van der Waals surface area contributed by atoms with Gasteiger partial charge in [-0.3, -0.25) is 0 Å². The first-order valence-corrected chi connectivity index (χ1v) is 21.9. The van der Waals surface area contributed by atoms with Gasteiger partial charge in [0.15, 0.2) is 0 Å². The Bertz CT molecular complexity index is 2780. The van der Waals surface area contributed by atoms with Crippen molar-refractivity contribution in [3.05, 3.63) is 143 Å². The fourth-order valence-corrected chi connectivity index (χ4v) is 10.6. The number of benzene rings is 5. The lowest BCUT2D eigenvalue weighted by Gasteiger charge is -2.47. The summed E-state index contributed by atoms with van der Waals surface area (Å²) in [7, 11) is 0. The highest BCUT2D eigenvalue weighted by molar-refractivity contribution is 7.00. The van der Waals surface area contributed by atoms with Crippen molar-refractivity contribution in [2.24, 2.45) is 11.3 Å². The van der Waals surface area contributed by atoms with Crippen molar-refractivity contribution >= 4 is 62.7 Å². The molecule has 5 aromatic carbocycles. The van der Waals surface area contributed by atoms with Gasteiger partial charge in [-0.25, -0.2) is 0 Å². The quantitative estimate of drug-likeness (QED) is 0.167. The van der Waals surface area contributed by atoms with E-state index in [4.69, 9.17) is 4.42 Å². The zero-order valence-corrected chi connectivity index (χ0v) is 37.3. The molecule has 0 saturated heterocycles. The van der Waals surface area contributed by atoms with E-state index in [-0.39, 0.29) is 28.4 Å². The molecule has 10 rings (SSSR count). The number of aryl methyl sites for hydroxylation is 2. The van der Waals surface area contributed by atoms with Crippen molar-refractivity contribution in [1.29, 1.82) is 0 Å². The van der Waals surface area contributed by atoms with E-state index in [1.165, 1.54) is 89.4 Å². The molecule has 4 heteroatoms. The molecule has 4 aliphatic rings. The van der Waals surface area contributed by atoms with E-state index in [1.807, 2.05) is 0 Å². The lowest BCUT2D eigenvalue weighted by atomic mass is 9.35. The summed E-state index contributed by atoms with van der Waals surface area (Å²) in [6, 6.07) is 35.1. The molecule has 2 aliphatic heterocycles. The normalized spacial score (nSPS) is 18.7. The number of rotatable bonds is 3. The van der Waals surface area contributed by atoms with Crippen molar-refractivity contribution in [2.75, 3.05) is 9.80 Å². The highest BCUT2D eigenvalue weighted by Crippen LogP contribution is 2.52. The van der Waals surface area contributed by atoms with Gasteiger partial charge in [-0.15, -0.1) is 0 Å². The average molecular weight is 775 g/mol. The number of furan rings is 1. The molecule has 6 aromatic rings. The van der Waals surface area contributed by atoms with Crippen LogP contribution in [0.2, 0.25) is 0 Å². The van der Waals surface area contributed by atoms with Crippen LogP contribution in [-0.2, 0) is 16.2 Å². The summed E-state index contributed by atoms with van der Waals surface area (Å²) in [6.07, 6.45) is 9.56. The Morgan fingerprint density at radius 2 is 1.36 bits per heavy atom. The van der Waals surface area contributed by atoms with E-state index in [0.717, 1.165) is 24.1 Å². The number of fused-ring (bicyclic) bond motifs is 7. The largest absolute Gasteiger partial charge is 0.468 e. The van der Waals surface area contributed by atoms with E-state index in [2.05, 4.69) is 202 Å². The fraction of sp³-hybridized carbons (Fsp3) is 0.345. The number of nitrogens with zero attached hydrogens (tertiary/aromatic N) is 2. The van der Waals surface area contributed by atoms with Gasteiger partial charge in [0.25, 0.3) is 6.71 Å². The van der Waals surface area contributed by atoms with Crippen LogP contribution < -0.4 is 26.4 Å². The van der Waals surface area contributed by atoms with Crippen LogP contribution in [0.5, 0.6) is 0 Å². The van der Waals surface area contributed by atoms with E-state index in [0.29, 0.717) is 5.92 Å². The fourth-order valence-electron chi connectivity index (χ4n) is 10.6. The molecule has 298 valence electrons. The molecule has 3 nitrogen and oxygen atoms in total. The smallest absolute Gasteiger partial charge is 0.297 e. The summed E-state index contributed by atoms with van der Waals surface area (Å²) in [5.41, 5.74) is 21.3. The summed E-state index contributed by atoms with van der Waals surface area (Å²) in [5, 5.41) is 1.18. The molecule has 0 bridgehead atoms. The molecule has 0 amide bonds. The SMILES string of the molecule is Cc1cc2c3c(c1)N(c1ccc(C(C)(C)C)cc1-c1ccccc1)c1cc4c(cc1B3c1oc3ccc(C)cc3c1N2C1=CC(C(C)(C)C)C=C1)C(C)(C)CCC4(C)C. The molecular weight excluding hydrogens is 715 g/mol. The lowest BCUT2D eigenvalue weighted by Crippen LogP contribution is -2.61. The zero-order valence-electron chi connectivity index (χ0n) is 37.3. The Labute approximate surface area is 352 Å². The van der Waals surface area contributed by atoms with E-state index >= 15 is 0 Å². The summed E-state index contributed by atoms with van der Waals surface area (Å²) in [6.45, 7) is 28.2. The second kappa shape index (κ2) is 12.6. The minimum atomic E-state index is -0.0876. The van der Waals surface area contributed by atoms with Gasteiger partial charge in [0.1, 0.15) is 5.58 Å². The topological polar surface area (TPSA) is 19.6 Å². The van der Waals surface area contributed by atoms with E-state index in [1.54, 1.807) is 0 Å². The predicted octanol–water partition coefficient (Wildman–Crippen LogP) is 13.2. The third-order valence-electron chi connectivity index (χ3n) is 14.2. The Balaban J connectivity index is 1.35. The molecule has 1 unspecified atom stereocenters. The zero-order chi connectivity index (χ0) is 41.6. The first kappa shape index (κ1) is 38.0. The van der Waals surface area contributed by atoms with Crippen molar-refractivity contribution in [3.63, 3.8) is 0 Å². The van der Waals surface area contributed by atoms with Gasteiger partial charge in [0.2, 0.25) is 0 Å². The van der Waals surface area contributed by atoms with Gasteiger partial charge in [-0.2, -0.15) is 0 Å². The maximum absolute atomic E-state index is 7.28. The molecule has 59 heavy (non-hydrogen) atoms. The molecule has 2 aliphatic carbocycles. The van der Waals surface area contributed by atoms with Crippen LogP contribution >= 0.6 is 0 Å². The molecule has 0 spiro atoms. The van der Waals surface area contributed by atoms with Crippen LogP contribution in [0.25, 0.3) is 22.1 Å². The standard InChI is InChI=1S/C55H59BN2O/c1-33-18-23-48-40(26-33)50-51(59-48)56-43-31-41-42(55(11,12)25-24-54(41,9)10)32-45(43)58(44-22-20-37(53(6,7)8)30-39(44)35-16-14-13-15-17-35)47-28-34(2)27-46(49(47)56)57(50)38-21-19-36(29-38)52(3,4)5/h13-23,26-32,36H,24-25H2,1-12H3. The number of hydrogen-bond acceptors (Lipinski definition) is 3. The van der Waals surface area contributed by atoms with Crippen molar-refractivity contribution in [1.82, 2.24) is 0 Å². The maximum atomic E-state index is 7.28.